The first kappa shape index (κ1) is 24.9. The minimum atomic E-state index is -0.482. The Hall–Kier alpha value is -3.36. The molecule has 6 rings (SSSR count). The van der Waals surface area contributed by atoms with Crippen LogP contribution in [0.15, 0.2) is 47.4 Å². The van der Waals surface area contributed by atoms with Gasteiger partial charge in [0.25, 0.3) is 5.56 Å². The minimum Gasteiger partial charge on any atom is -0.474 e. The number of rotatable bonds is 5. The second kappa shape index (κ2) is 10.1. The van der Waals surface area contributed by atoms with E-state index in [0.717, 1.165) is 24.8 Å². The summed E-state index contributed by atoms with van der Waals surface area (Å²) in [6.45, 7) is 4.03. The monoisotopic (exact) mass is 534 g/mol. The van der Waals surface area contributed by atoms with E-state index in [1.54, 1.807) is 32.2 Å². The molecular weight excluding hydrogens is 507 g/mol. The third-order valence-electron chi connectivity index (χ3n) is 7.67. The Balaban J connectivity index is 1.40. The number of ether oxygens (including phenoxy) is 2. The molecule has 2 atom stereocenters. The highest BCUT2D eigenvalue weighted by atomic mass is 35.5. The summed E-state index contributed by atoms with van der Waals surface area (Å²) in [4.78, 5) is 22.2. The predicted octanol–water partition coefficient (Wildman–Crippen LogP) is 6.13. The Kier molecular flexibility index (Phi) is 6.61. The number of hydrogen-bond acceptors (Lipinski definition) is 6. The van der Waals surface area contributed by atoms with Crippen molar-refractivity contribution in [2.75, 3.05) is 6.61 Å². The van der Waals surface area contributed by atoms with Crippen LogP contribution in [0.5, 0.6) is 5.88 Å². The second-order valence-corrected chi connectivity index (χ2v) is 10.6. The highest BCUT2D eigenvalue weighted by Crippen LogP contribution is 2.39. The van der Waals surface area contributed by atoms with Crippen LogP contribution in [0.4, 0.5) is 4.39 Å². The molecule has 0 amide bonds. The van der Waals surface area contributed by atoms with Crippen molar-refractivity contribution in [1.82, 2.24) is 19.6 Å². The van der Waals surface area contributed by atoms with Crippen molar-refractivity contribution in [3.8, 4) is 17.0 Å². The SMILES string of the molecule is Cc1nc2c(-c3ccc(Cl)cc3F)cc(C3CCOC(c4ccnc(OC5CCC5)c4)C3)nn2c(=O)c1C. The first-order valence-corrected chi connectivity index (χ1v) is 13.4. The molecule has 1 saturated carbocycles. The van der Waals surface area contributed by atoms with Gasteiger partial charge in [-0.2, -0.15) is 9.61 Å². The highest BCUT2D eigenvalue weighted by Gasteiger charge is 2.29. The zero-order valence-electron chi connectivity index (χ0n) is 21.3. The quantitative estimate of drug-likeness (QED) is 0.306. The highest BCUT2D eigenvalue weighted by molar-refractivity contribution is 6.30. The van der Waals surface area contributed by atoms with Crippen LogP contribution in [0.2, 0.25) is 5.02 Å². The van der Waals surface area contributed by atoms with Gasteiger partial charge in [-0.15, -0.1) is 0 Å². The molecule has 0 spiro atoms. The zero-order valence-corrected chi connectivity index (χ0v) is 22.0. The van der Waals surface area contributed by atoms with Gasteiger partial charge in [-0.1, -0.05) is 11.6 Å². The number of benzene rings is 1. The molecule has 0 radical (unpaired) electrons. The summed E-state index contributed by atoms with van der Waals surface area (Å²) in [6, 6.07) is 10.3. The van der Waals surface area contributed by atoms with E-state index >= 15 is 4.39 Å². The van der Waals surface area contributed by atoms with Gasteiger partial charge in [0, 0.05) is 52.2 Å². The third kappa shape index (κ3) is 4.67. The Morgan fingerprint density at radius 3 is 2.71 bits per heavy atom. The lowest BCUT2D eigenvalue weighted by Crippen LogP contribution is -2.26. The van der Waals surface area contributed by atoms with Gasteiger partial charge in [-0.25, -0.2) is 14.4 Å². The number of aromatic nitrogens is 4. The fourth-order valence-electron chi connectivity index (χ4n) is 5.08. The maximum absolute atomic E-state index is 15.1. The fraction of sp³-hybridized carbons (Fsp3) is 0.379. The molecule has 0 bridgehead atoms. The Morgan fingerprint density at radius 2 is 1.95 bits per heavy atom. The molecule has 2 aliphatic rings. The number of halogens is 2. The molecule has 1 aliphatic carbocycles. The van der Waals surface area contributed by atoms with E-state index in [2.05, 4.69) is 9.97 Å². The molecule has 7 nitrogen and oxygen atoms in total. The molecule has 1 saturated heterocycles. The molecule has 196 valence electrons. The van der Waals surface area contributed by atoms with Gasteiger partial charge in [0.15, 0.2) is 5.65 Å². The van der Waals surface area contributed by atoms with Crippen LogP contribution in [0, 0.1) is 19.7 Å². The average molecular weight is 535 g/mol. The van der Waals surface area contributed by atoms with Gasteiger partial charge in [0.2, 0.25) is 5.88 Å². The van der Waals surface area contributed by atoms with Crippen LogP contribution in [-0.4, -0.2) is 32.3 Å². The van der Waals surface area contributed by atoms with Crippen LogP contribution in [0.1, 0.15) is 66.6 Å². The van der Waals surface area contributed by atoms with Crippen molar-refractivity contribution in [2.45, 2.75) is 64.1 Å². The molecule has 38 heavy (non-hydrogen) atoms. The molecular formula is C29H28ClFN4O3. The van der Waals surface area contributed by atoms with Gasteiger partial charge in [0.1, 0.15) is 11.9 Å². The number of fused-ring (bicyclic) bond motifs is 1. The van der Waals surface area contributed by atoms with Crippen LogP contribution in [0.25, 0.3) is 16.8 Å². The summed E-state index contributed by atoms with van der Waals surface area (Å²) < 4.78 is 28.5. The van der Waals surface area contributed by atoms with Gasteiger partial charge >= 0.3 is 0 Å². The molecule has 2 fully saturated rings. The van der Waals surface area contributed by atoms with Crippen molar-refractivity contribution in [3.05, 3.63) is 86.3 Å². The van der Waals surface area contributed by atoms with E-state index in [0.29, 0.717) is 57.7 Å². The Bertz CT molecular complexity index is 1590. The van der Waals surface area contributed by atoms with Crippen LogP contribution >= 0.6 is 11.6 Å². The van der Waals surface area contributed by atoms with Crippen LogP contribution in [0.3, 0.4) is 0 Å². The van der Waals surface area contributed by atoms with E-state index in [1.165, 1.54) is 17.0 Å². The number of pyridine rings is 1. The van der Waals surface area contributed by atoms with Crippen molar-refractivity contribution >= 4 is 17.2 Å². The summed E-state index contributed by atoms with van der Waals surface area (Å²) in [5, 5.41) is 5.04. The maximum Gasteiger partial charge on any atom is 0.277 e. The molecule has 1 aliphatic heterocycles. The molecule has 2 unspecified atom stereocenters. The van der Waals surface area contributed by atoms with Crippen molar-refractivity contribution in [1.29, 1.82) is 0 Å². The molecule has 4 aromatic rings. The van der Waals surface area contributed by atoms with Gasteiger partial charge < -0.3 is 9.47 Å². The lowest BCUT2D eigenvalue weighted by atomic mass is 9.88. The minimum absolute atomic E-state index is 0.00932. The van der Waals surface area contributed by atoms with E-state index in [4.69, 9.17) is 26.2 Å². The lowest BCUT2D eigenvalue weighted by Gasteiger charge is -2.30. The summed E-state index contributed by atoms with van der Waals surface area (Å²) in [7, 11) is 0. The Labute approximate surface area is 224 Å². The summed E-state index contributed by atoms with van der Waals surface area (Å²) in [5.74, 6) is 0.125. The number of hydrogen-bond donors (Lipinski definition) is 0. The molecule has 9 heteroatoms. The largest absolute Gasteiger partial charge is 0.474 e. The van der Waals surface area contributed by atoms with E-state index in [-0.39, 0.29) is 23.7 Å². The summed E-state index contributed by atoms with van der Waals surface area (Å²) in [6.07, 6.45) is 6.51. The molecule has 0 N–H and O–H groups in total. The second-order valence-electron chi connectivity index (χ2n) is 10.1. The first-order valence-electron chi connectivity index (χ1n) is 13.0. The van der Waals surface area contributed by atoms with E-state index in [1.807, 2.05) is 18.2 Å². The zero-order chi connectivity index (χ0) is 26.4. The van der Waals surface area contributed by atoms with Crippen LogP contribution in [-0.2, 0) is 4.74 Å². The van der Waals surface area contributed by atoms with Crippen molar-refractivity contribution < 1.29 is 13.9 Å². The number of nitrogens with zero attached hydrogens (tertiary/aromatic N) is 4. The maximum atomic E-state index is 15.1. The van der Waals surface area contributed by atoms with Crippen LogP contribution < -0.4 is 10.3 Å². The lowest BCUT2D eigenvalue weighted by molar-refractivity contribution is 0.00410. The van der Waals surface area contributed by atoms with E-state index in [9.17, 15) is 4.79 Å². The predicted molar refractivity (Wildman–Crippen MR) is 142 cm³/mol. The first-order chi connectivity index (χ1) is 18.4. The Morgan fingerprint density at radius 1 is 1.11 bits per heavy atom. The number of aryl methyl sites for hydroxylation is 1. The molecule has 1 aromatic carbocycles. The van der Waals surface area contributed by atoms with Gasteiger partial charge in [-0.3, -0.25) is 4.79 Å². The molecule has 3 aromatic heterocycles. The smallest absolute Gasteiger partial charge is 0.277 e. The summed E-state index contributed by atoms with van der Waals surface area (Å²) >= 11 is 6.02. The molecule has 4 heterocycles. The van der Waals surface area contributed by atoms with E-state index < -0.39 is 5.82 Å². The fourth-order valence-corrected chi connectivity index (χ4v) is 5.23. The third-order valence-corrected chi connectivity index (χ3v) is 7.91. The van der Waals surface area contributed by atoms with Crippen molar-refractivity contribution in [2.24, 2.45) is 0 Å². The van der Waals surface area contributed by atoms with Gasteiger partial charge in [0.05, 0.1) is 11.8 Å². The average Bonchev–Trinajstić information content (AvgIpc) is 2.90. The van der Waals surface area contributed by atoms with Crippen molar-refractivity contribution in [3.63, 3.8) is 0 Å². The summed E-state index contributed by atoms with van der Waals surface area (Å²) in [5.41, 5.74) is 3.67. The normalized spacial score (nSPS) is 19.9. The standard InChI is InChI=1S/C29H28ClFN4O3/c1-16-17(2)33-28-23(22-7-6-20(30)14-24(22)31)15-25(34-35(28)29(16)36)18-9-11-37-26(12-18)19-8-10-32-27(13-19)38-21-4-3-5-21/h6-8,10,13-15,18,21,26H,3-5,9,11-12H2,1-2H3. The topological polar surface area (TPSA) is 78.6 Å². The van der Waals surface area contributed by atoms with Gasteiger partial charge in [-0.05, 0) is 81.8 Å².